The van der Waals surface area contributed by atoms with Crippen molar-refractivity contribution in [1.82, 2.24) is 0 Å². The van der Waals surface area contributed by atoms with Crippen LogP contribution in [0, 0.1) is 11.8 Å². The average Bonchev–Trinajstić information content (AvgIpc) is 2.98. The number of hydrogen-bond donors (Lipinski definition) is 1. The van der Waals surface area contributed by atoms with E-state index in [0.717, 1.165) is 36.3 Å². The van der Waals surface area contributed by atoms with Crippen molar-refractivity contribution in [2.45, 2.75) is 25.6 Å². The second-order valence-corrected chi connectivity index (χ2v) is 4.64. The Morgan fingerprint density at radius 2 is 2.35 bits per heavy atom. The lowest BCUT2D eigenvalue weighted by Gasteiger charge is -2.12. The molecule has 0 radical (unpaired) electrons. The van der Waals surface area contributed by atoms with Gasteiger partial charge in [0.05, 0.1) is 26.4 Å². The van der Waals surface area contributed by atoms with Gasteiger partial charge in [-0.25, -0.2) is 0 Å². The van der Waals surface area contributed by atoms with E-state index in [2.05, 4.69) is 11.8 Å². The van der Waals surface area contributed by atoms with E-state index in [4.69, 9.17) is 19.3 Å². The molecule has 20 heavy (non-hydrogen) atoms. The van der Waals surface area contributed by atoms with Crippen LogP contribution >= 0.6 is 0 Å². The van der Waals surface area contributed by atoms with E-state index < -0.39 is 0 Å². The fourth-order valence-corrected chi connectivity index (χ4v) is 2.19. The summed E-state index contributed by atoms with van der Waals surface area (Å²) in [5, 5.41) is 8.72. The van der Waals surface area contributed by atoms with Gasteiger partial charge in [-0.2, -0.15) is 0 Å². The first kappa shape index (κ1) is 14.9. The van der Waals surface area contributed by atoms with Crippen molar-refractivity contribution in [2.75, 3.05) is 26.9 Å². The van der Waals surface area contributed by atoms with E-state index in [1.165, 1.54) is 0 Å². The molecule has 1 aliphatic heterocycles. The number of aliphatic hydroxyl groups is 1. The largest absolute Gasteiger partial charge is 0.496 e. The third kappa shape index (κ3) is 4.24. The van der Waals surface area contributed by atoms with Crippen molar-refractivity contribution in [2.24, 2.45) is 0 Å². The first-order valence-electron chi connectivity index (χ1n) is 6.79. The monoisotopic (exact) mass is 276 g/mol. The number of benzene rings is 1. The topological polar surface area (TPSA) is 47.9 Å². The maximum absolute atomic E-state index is 8.72. The van der Waals surface area contributed by atoms with E-state index in [1.807, 2.05) is 18.2 Å². The van der Waals surface area contributed by atoms with Gasteiger partial charge < -0.3 is 19.3 Å². The Kier molecular flexibility index (Phi) is 5.87. The van der Waals surface area contributed by atoms with Crippen molar-refractivity contribution in [3.05, 3.63) is 29.3 Å². The quantitative estimate of drug-likeness (QED) is 0.832. The summed E-state index contributed by atoms with van der Waals surface area (Å²) >= 11 is 0. The molecule has 1 saturated heterocycles. The minimum atomic E-state index is -0.142. The molecule has 0 spiro atoms. The third-order valence-electron chi connectivity index (χ3n) is 3.18. The Morgan fingerprint density at radius 3 is 3.05 bits per heavy atom. The lowest BCUT2D eigenvalue weighted by Crippen LogP contribution is -2.14. The zero-order valence-electron chi connectivity index (χ0n) is 11.7. The Morgan fingerprint density at radius 1 is 1.45 bits per heavy atom. The molecule has 1 fully saturated rings. The fourth-order valence-electron chi connectivity index (χ4n) is 2.19. The van der Waals surface area contributed by atoms with Gasteiger partial charge in [0.15, 0.2) is 0 Å². The van der Waals surface area contributed by atoms with E-state index in [1.54, 1.807) is 7.11 Å². The molecule has 108 valence electrons. The first-order chi connectivity index (χ1) is 9.83. The summed E-state index contributed by atoms with van der Waals surface area (Å²) < 4.78 is 16.5. The van der Waals surface area contributed by atoms with Gasteiger partial charge >= 0.3 is 0 Å². The molecule has 1 heterocycles. The van der Waals surface area contributed by atoms with Crippen LogP contribution in [0.3, 0.4) is 0 Å². The number of hydrogen-bond acceptors (Lipinski definition) is 4. The van der Waals surface area contributed by atoms with Crippen LogP contribution in [0.25, 0.3) is 0 Å². The fraction of sp³-hybridized carbons (Fsp3) is 0.500. The van der Waals surface area contributed by atoms with Crippen LogP contribution in [-0.2, 0) is 16.1 Å². The van der Waals surface area contributed by atoms with Crippen molar-refractivity contribution in [3.8, 4) is 17.6 Å². The third-order valence-corrected chi connectivity index (χ3v) is 3.18. The molecule has 0 aromatic heterocycles. The van der Waals surface area contributed by atoms with Crippen LogP contribution in [0.1, 0.15) is 24.0 Å². The number of ether oxygens (including phenoxy) is 3. The molecule has 2 rings (SSSR count). The SMILES string of the molecule is COc1ccc(C#CCO)cc1COCC1CCCO1. The molecule has 0 bridgehead atoms. The summed E-state index contributed by atoms with van der Waals surface area (Å²) in [6.45, 7) is 1.77. The Balaban J connectivity index is 1.96. The molecule has 4 heteroatoms. The predicted octanol–water partition coefficient (Wildman–Crippen LogP) is 1.73. The van der Waals surface area contributed by atoms with Crippen molar-refractivity contribution < 1.29 is 19.3 Å². The number of methoxy groups -OCH3 is 1. The Bertz CT molecular complexity index is 481. The second kappa shape index (κ2) is 7.91. The molecule has 0 saturated carbocycles. The molecule has 0 amide bonds. The maximum atomic E-state index is 8.72. The highest BCUT2D eigenvalue weighted by molar-refractivity contribution is 5.44. The van der Waals surface area contributed by atoms with Crippen molar-refractivity contribution in [3.63, 3.8) is 0 Å². The van der Waals surface area contributed by atoms with Gasteiger partial charge in [-0.05, 0) is 31.0 Å². The first-order valence-corrected chi connectivity index (χ1v) is 6.79. The van der Waals surface area contributed by atoms with Gasteiger partial charge in [0, 0.05) is 17.7 Å². The summed E-state index contributed by atoms with van der Waals surface area (Å²) in [6, 6.07) is 5.66. The minimum absolute atomic E-state index is 0.142. The molecule has 0 aliphatic carbocycles. The lowest BCUT2D eigenvalue weighted by atomic mass is 10.1. The van der Waals surface area contributed by atoms with Crippen LogP contribution in [0.5, 0.6) is 5.75 Å². The molecule has 1 atom stereocenters. The molecule has 1 aromatic rings. The smallest absolute Gasteiger partial charge is 0.124 e. The van der Waals surface area contributed by atoms with Crippen LogP contribution in [-0.4, -0.2) is 38.1 Å². The highest BCUT2D eigenvalue weighted by Gasteiger charge is 2.15. The molecule has 1 N–H and O–H groups in total. The summed E-state index contributed by atoms with van der Waals surface area (Å²) in [6.07, 6.45) is 2.40. The molecular formula is C16H20O4. The Labute approximate surface area is 119 Å². The van der Waals surface area contributed by atoms with Crippen LogP contribution < -0.4 is 4.74 Å². The molecule has 4 nitrogen and oxygen atoms in total. The minimum Gasteiger partial charge on any atom is -0.496 e. The normalized spacial score (nSPS) is 17.6. The van der Waals surface area contributed by atoms with Gasteiger partial charge in [-0.3, -0.25) is 0 Å². The standard InChI is InChI=1S/C16H20O4/c1-18-16-7-6-13(4-2-8-17)10-14(16)11-19-12-15-5-3-9-20-15/h6-7,10,15,17H,3,5,8-9,11-12H2,1H3. The lowest BCUT2D eigenvalue weighted by molar-refractivity contribution is 0.0101. The van der Waals surface area contributed by atoms with Gasteiger partial charge in [-0.15, -0.1) is 0 Å². The van der Waals surface area contributed by atoms with E-state index >= 15 is 0 Å². The van der Waals surface area contributed by atoms with Crippen LogP contribution in [0.4, 0.5) is 0 Å². The van der Waals surface area contributed by atoms with Gasteiger partial charge in [-0.1, -0.05) is 11.8 Å². The van der Waals surface area contributed by atoms with E-state index in [9.17, 15) is 0 Å². The Hall–Kier alpha value is -1.54. The second-order valence-electron chi connectivity index (χ2n) is 4.64. The zero-order chi connectivity index (χ0) is 14.2. The highest BCUT2D eigenvalue weighted by atomic mass is 16.5. The maximum Gasteiger partial charge on any atom is 0.124 e. The summed E-state index contributed by atoms with van der Waals surface area (Å²) in [5.41, 5.74) is 1.80. The predicted molar refractivity (Wildman–Crippen MR) is 75.6 cm³/mol. The highest BCUT2D eigenvalue weighted by Crippen LogP contribution is 2.21. The summed E-state index contributed by atoms with van der Waals surface area (Å²) in [5.74, 6) is 6.30. The van der Waals surface area contributed by atoms with Gasteiger partial charge in [0.2, 0.25) is 0 Å². The van der Waals surface area contributed by atoms with E-state index in [-0.39, 0.29) is 12.7 Å². The van der Waals surface area contributed by atoms with Crippen molar-refractivity contribution >= 4 is 0 Å². The van der Waals surface area contributed by atoms with Crippen molar-refractivity contribution in [1.29, 1.82) is 0 Å². The van der Waals surface area contributed by atoms with E-state index in [0.29, 0.717) is 13.2 Å². The summed E-state index contributed by atoms with van der Waals surface area (Å²) in [7, 11) is 1.64. The number of aliphatic hydroxyl groups excluding tert-OH is 1. The molecule has 1 aromatic carbocycles. The molecule has 1 unspecified atom stereocenters. The number of rotatable bonds is 5. The summed E-state index contributed by atoms with van der Waals surface area (Å²) in [4.78, 5) is 0. The zero-order valence-corrected chi connectivity index (χ0v) is 11.7. The van der Waals surface area contributed by atoms with Crippen LogP contribution in [0.2, 0.25) is 0 Å². The van der Waals surface area contributed by atoms with Gasteiger partial charge in [0.1, 0.15) is 12.4 Å². The van der Waals surface area contributed by atoms with Crippen LogP contribution in [0.15, 0.2) is 18.2 Å². The molecule has 1 aliphatic rings. The van der Waals surface area contributed by atoms with Gasteiger partial charge in [0.25, 0.3) is 0 Å². The average molecular weight is 276 g/mol. The molecular weight excluding hydrogens is 256 g/mol.